The molecular weight excluding hydrogens is 686 g/mol. The van der Waals surface area contributed by atoms with Gasteiger partial charge in [0.1, 0.15) is 0 Å². The molecule has 0 aliphatic heterocycles. The second-order valence-corrected chi connectivity index (χ2v) is 9.08. The maximum Gasteiger partial charge on any atom is 2.00 e. The molecule has 2 N–H and O–H groups in total. The van der Waals surface area contributed by atoms with Crippen molar-refractivity contribution in [3.8, 4) is 11.5 Å². The standard InChI is InChI=1S/2C13H10BrN3O2.Zn/c2*14-11-3-4-12(18)10(6-11)8-16-17-13(19)9-2-1-5-15-7-9;/h2*1-8,18H,(H,17,19);/q;;+2/p-2. The van der Waals surface area contributed by atoms with Gasteiger partial charge in [0.15, 0.2) is 0 Å². The molecule has 0 unspecified atom stereocenters. The Balaban J connectivity index is 0.000000267. The molecule has 10 nitrogen and oxygen atoms in total. The van der Waals surface area contributed by atoms with Crippen molar-refractivity contribution in [3.63, 3.8) is 0 Å². The van der Waals surface area contributed by atoms with Gasteiger partial charge >= 0.3 is 19.5 Å². The zero-order valence-corrected chi connectivity index (χ0v) is 26.3. The number of nitrogens with one attached hydrogen (secondary N) is 2. The summed E-state index contributed by atoms with van der Waals surface area (Å²) in [6, 6.07) is 16.0. The van der Waals surface area contributed by atoms with E-state index in [1.165, 1.54) is 37.0 Å². The van der Waals surface area contributed by atoms with Crippen LogP contribution >= 0.6 is 31.9 Å². The minimum absolute atomic E-state index is 0. The van der Waals surface area contributed by atoms with Crippen LogP contribution in [-0.4, -0.2) is 34.2 Å². The van der Waals surface area contributed by atoms with Gasteiger partial charge in [0.25, 0.3) is 11.8 Å². The van der Waals surface area contributed by atoms with Crippen LogP contribution in [0.4, 0.5) is 0 Å². The Labute approximate surface area is 253 Å². The van der Waals surface area contributed by atoms with E-state index in [0.29, 0.717) is 22.3 Å². The largest absolute Gasteiger partial charge is 2.00 e. The summed E-state index contributed by atoms with van der Waals surface area (Å²) in [6.07, 6.45) is 8.63. The van der Waals surface area contributed by atoms with E-state index in [4.69, 9.17) is 0 Å². The predicted octanol–water partition coefficient (Wildman–Crippen LogP) is 3.36. The van der Waals surface area contributed by atoms with E-state index in [2.05, 4.69) is 62.9 Å². The Kier molecular flexibility index (Phi) is 13.1. The first-order chi connectivity index (χ1) is 18.3. The van der Waals surface area contributed by atoms with Crippen LogP contribution < -0.4 is 21.1 Å². The molecule has 4 rings (SSSR count). The number of hydrogen-bond acceptors (Lipinski definition) is 8. The molecule has 0 radical (unpaired) electrons. The number of pyridine rings is 2. The zero-order valence-electron chi connectivity index (χ0n) is 20.1. The summed E-state index contributed by atoms with van der Waals surface area (Å²) in [5, 5.41) is 30.5. The van der Waals surface area contributed by atoms with Gasteiger partial charge in [-0.25, -0.2) is 10.9 Å². The van der Waals surface area contributed by atoms with E-state index >= 15 is 0 Å². The summed E-state index contributed by atoms with van der Waals surface area (Å²) in [7, 11) is 0. The van der Waals surface area contributed by atoms with E-state index in [1.807, 2.05) is 0 Å². The summed E-state index contributed by atoms with van der Waals surface area (Å²) in [5.74, 6) is -1.09. The third-order valence-electron chi connectivity index (χ3n) is 4.53. The zero-order chi connectivity index (χ0) is 27.3. The molecule has 13 heteroatoms. The van der Waals surface area contributed by atoms with Gasteiger partial charge in [0.2, 0.25) is 0 Å². The summed E-state index contributed by atoms with van der Waals surface area (Å²) >= 11 is 6.52. The van der Waals surface area contributed by atoms with Crippen LogP contribution in [0, 0.1) is 0 Å². The number of benzene rings is 2. The van der Waals surface area contributed by atoms with Crippen molar-refractivity contribution in [1.29, 1.82) is 0 Å². The third-order valence-corrected chi connectivity index (χ3v) is 5.52. The Bertz CT molecular complexity index is 1350. The first kappa shape index (κ1) is 31.4. The molecule has 2 aromatic heterocycles. The molecule has 0 atom stereocenters. The molecule has 0 aliphatic rings. The van der Waals surface area contributed by atoms with E-state index in [9.17, 15) is 19.8 Å². The van der Waals surface area contributed by atoms with Crippen LogP contribution in [0.2, 0.25) is 0 Å². The van der Waals surface area contributed by atoms with Gasteiger partial charge in [0.05, 0.1) is 23.6 Å². The van der Waals surface area contributed by atoms with Gasteiger partial charge in [-0.05, 0) is 59.7 Å². The fourth-order valence-electron chi connectivity index (χ4n) is 2.68. The Morgan fingerprint density at radius 2 is 1.13 bits per heavy atom. The smallest absolute Gasteiger partial charge is 0.872 e. The number of nitrogens with zero attached hydrogens (tertiary/aromatic N) is 4. The number of carbonyl (C=O) groups is 2. The second-order valence-electron chi connectivity index (χ2n) is 7.25. The van der Waals surface area contributed by atoms with Crippen LogP contribution in [0.25, 0.3) is 0 Å². The molecule has 0 fully saturated rings. The summed E-state index contributed by atoms with van der Waals surface area (Å²) < 4.78 is 1.54. The van der Waals surface area contributed by atoms with Crippen molar-refractivity contribution in [2.75, 3.05) is 0 Å². The number of hydrogen-bond donors (Lipinski definition) is 2. The maximum atomic E-state index is 11.6. The molecule has 192 valence electrons. The topological polar surface area (TPSA) is 155 Å². The van der Waals surface area contributed by atoms with Crippen molar-refractivity contribution in [2.45, 2.75) is 0 Å². The van der Waals surface area contributed by atoms with Gasteiger partial charge in [-0.2, -0.15) is 10.2 Å². The van der Waals surface area contributed by atoms with Gasteiger partial charge in [-0.1, -0.05) is 55.5 Å². The van der Waals surface area contributed by atoms with E-state index < -0.39 is 0 Å². The van der Waals surface area contributed by atoms with Crippen LogP contribution in [0.3, 0.4) is 0 Å². The predicted molar refractivity (Wildman–Crippen MR) is 146 cm³/mol. The average molecular weight is 704 g/mol. The minimum Gasteiger partial charge on any atom is -0.872 e. The van der Waals surface area contributed by atoms with Gasteiger partial charge in [-0.3, -0.25) is 19.6 Å². The molecule has 0 saturated heterocycles. The molecule has 0 saturated carbocycles. The third kappa shape index (κ3) is 10.5. The van der Waals surface area contributed by atoms with Crippen molar-refractivity contribution >= 4 is 56.1 Å². The summed E-state index contributed by atoms with van der Waals surface area (Å²) in [5.41, 5.74) is 6.24. The van der Waals surface area contributed by atoms with Crippen LogP contribution in [0.5, 0.6) is 11.5 Å². The minimum atomic E-state index is -0.383. The van der Waals surface area contributed by atoms with Gasteiger partial charge < -0.3 is 10.2 Å². The van der Waals surface area contributed by atoms with Crippen LogP contribution in [0.15, 0.2) is 105 Å². The molecule has 39 heavy (non-hydrogen) atoms. The summed E-state index contributed by atoms with van der Waals surface area (Å²) in [4.78, 5) is 30.9. The molecule has 2 amide bonds. The number of aromatic nitrogens is 2. The fourth-order valence-corrected chi connectivity index (χ4v) is 3.44. The van der Waals surface area contributed by atoms with Crippen molar-refractivity contribution < 1.29 is 39.3 Å². The molecule has 0 aliphatic carbocycles. The van der Waals surface area contributed by atoms with E-state index in [-0.39, 0.29) is 42.8 Å². The normalized spacial score (nSPS) is 10.3. The molecular formula is C26H18Br2N6O4Zn. The summed E-state index contributed by atoms with van der Waals surface area (Å²) in [6.45, 7) is 0. The Morgan fingerprint density at radius 3 is 1.49 bits per heavy atom. The van der Waals surface area contributed by atoms with E-state index in [0.717, 1.165) is 8.95 Å². The monoisotopic (exact) mass is 700 g/mol. The number of carbonyl (C=O) groups excluding carboxylic acids is 2. The molecule has 4 aromatic rings. The van der Waals surface area contributed by atoms with Gasteiger partial charge in [-0.15, -0.1) is 0 Å². The average Bonchev–Trinajstić information content (AvgIpc) is 2.93. The Hall–Kier alpha value is -3.80. The molecule has 0 spiro atoms. The van der Waals surface area contributed by atoms with Gasteiger partial charge in [0, 0.05) is 33.7 Å². The maximum absolute atomic E-state index is 11.6. The van der Waals surface area contributed by atoms with Crippen molar-refractivity contribution in [1.82, 2.24) is 20.8 Å². The molecule has 0 bridgehead atoms. The number of halogens is 2. The molecule has 2 aromatic carbocycles. The van der Waals surface area contributed by atoms with Crippen LogP contribution in [-0.2, 0) is 19.5 Å². The SMILES string of the molecule is O=C(NN=Cc1cc(Br)ccc1[O-])c1cccnc1.O=C(NN=Cc1cc(Br)ccc1[O-])c1cccnc1.[Zn+2]. The van der Waals surface area contributed by atoms with E-state index in [1.54, 1.807) is 60.9 Å². The Morgan fingerprint density at radius 1 is 0.718 bits per heavy atom. The van der Waals surface area contributed by atoms with Crippen molar-refractivity contribution in [2.24, 2.45) is 10.2 Å². The van der Waals surface area contributed by atoms with Crippen molar-refractivity contribution in [3.05, 3.63) is 117 Å². The number of amides is 2. The first-order valence-corrected chi connectivity index (χ1v) is 12.3. The fraction of sp³-hybridized carbons (Fsp3) is 0. The number of hydrazone groups is 2. The molecule has 2 heterocycles. The first-order valence-electron chi connectivity index (χ1n) is 10.7. The number of rotatable bonds is 6. The quantitative estimate of drug-likeness (QED) is 0.178. The second kappa shape index (κ2) is 16.2. The van der Waals surface area contributed by atoms with Crippen LogP contribution in [0.1, 0.15) is 31.8 Å².